The molecule has 0 saturated heterocycles. The quantitative estimate of drug-likeness (QED) is 0.629. The Hall–Kier alpha value is -3.28. The van der Waals surface area contributed by atoms with Gasteiger partial charge >= 0.3 is 0 Å². The van der Waals surface area contributed by atoms with Crippen molar-refractivity contribution in [2.45, 2.75) is 0 Å². The van der Waals surface area contributed by atoms with Crippen LogP contribution in [0.3, 0.4) is 0 Å². The topological polar surface area (TPSA) is 68.5 Å². The summed E-state index contributed by atoms with van der Waals surface area (Å²) in [6.45, 7) is 0. The molecule has 0 spiro atoms. The van der Waals surface area contributed by atoms with E-state index in [1.54, 1.807) is 23.3 Å². The molecule has 6 heteroatoms. The third-order valence-corrected chi connectivity index (χ3v) is 3.52. The van der Waals surface area contributed by atoms with Gasteiger partial charge in [-0.3, -0.25) is 9.67 Å². The van der Waals surface area contributed by atoms with Crippen LogP contribution in [0.4, 0.5) is 11.4 Å². The lowest BCUT2D eigenvalue weighted by molar-refractivity contribution is 0.770. The average Bonchev–Trinajstić information content (AvgIpc) is 3.02. The lowest BCUT2D eigenvalue weighted by Crippen LogP contribution is -1.97. The molecule has 0 amide bonds. The number of fused-ring (bicyclic) bond motifs is 1. The van der Waals surface area contributed by atoms with Crippen molar-refractivity contribution < 1.29 is 0 Å². The van der Waals surface area contributed by atoms with Gasteiger partial charge in [0.05, 0.1) is 11.4 Å². The molecule has 0 fully saturated rings. The highest BCUT2D eigenvalue weighted by Gasteiger charge is 2.10. The Labute approximate surface area is 132 Å². The van der Waals surface area contributed by atoms with Crippen LogP contribution in [0.25, 0.3) is 22.4 Å². The van der Waals surface area contributed by atoms with E-state index in [1.165, 1.54) is 0 Å². The van der Waals surface area contributed by atoms with Crippen LogP contribution in [0.2, 0.25) is 0 Å². The van der Waals surface area contributed by atoms with Crippen LogP contribution in [-0.2, 0) is 7.05 Å². The number of nitrogens with zero attached hydrogens (tertiary/aromatic N) is 5. The van der Waals surface area contributed by atoms with Crippen molar-refractivity contribution in [3.05, 3.63) is 61.2 Å². The van der Waals surface area contributed by atoms with E-state index in [4.69, 9.17) is 0 Å². The molecule has 4 rings (SSSR count). The Morgan fingerprint density at radius 1 is 1.00 bits per heavy atom. The minimum atomic E-state index is 0.687. The number of nitrogens with one attached hydrogen (secondary N) is 1. The number of pyridine rings is 3. The van der Waals surface area contributed by atoms with Crippen LogP contribution in [0, 0.1) is 0 Å². The zero-order chi connectivity index (χ0) is 15.6. The first kappa shape index (κ1) is 13.4. The van der Waals surface area contributed by atoms with Gasteiger partial charge in [-0.15, -0.1) is 0 Å². The molecule has 0 aliphatic carbocycles. The fraction of sp³-hybridized carbons (Fsp3) is 0.0588. The first-order chi connectivity index (χ1) is 11.3. The molecule has 0 aromatic carbocycles. The second kappa shape index (κ2) is 5.49. The molecule has 0 aliphatic heterocycles. The fourth-order valence-corrected chi connectivity index (χ4v) is 2.43. The summed E-state index contributed by atoms with van der Waals surface area (Å²) >= 11 is 0. The van der Waals surface area contributed by atoms with E-state index in [0.717, 1.165) is 28.1 Å². The second-order valence-electron chi connectivity index (χ2n) is 5.17. The van der Waals surface area contributed by atoms with Gasteiger partial charge in [-0.25, -0.2) is 9.97 Å². The van der Waals surface area contributed by atoms with Crippen molar-refractivity contribution in [1.82, 2.24) is 24.7 Å². The summed E-state index contributed by atoms with van der Waals surface area (Å²) in [4.78, 5) is 13.0. The highest BCUT2D eigenvalue weighted by molar-refractivity contribution is 5.93. The van der Waals surface area contributed by atoms with Gasteiger partial charge < -0.3 is 5.32 Å². The summed E-state index contributed by atoms with van der Waals surface area (Å²) in [7, 11) is 1.89. The minimum absolute atomic E-state index is 0.687. The highest BCUT2D eigenvalue weighted by atomic mass is 15.2. The zero-order valence-electron chi connectivity index (χ0n) is 12.5. The Morgan fingerprint density at radius 3 is 2.65 bits per heavy atom. The number of hydrogen-bond acceptors (Lipinski definition) is 5. The molecule has 0 atom stereocenters. The lowest BCUT2D eigenvalue weighted by atomic mass is 10.2. The first-order valence-corrected chi connectivity index (χ1v) is 7.22. The maximum absolute atomic E-state index is 4.62. The number of aromatic nitrogens is 5. The van der Waals surface area contributed by atoms with Crippen LogP contribution in [0.15, 0.2) is 61.2 Å². The maximum Gasteiger partial charge on any atom is 0.161 e. The van der Waals surface area contributed by atoms with Gasteiger partial charge in [0.25, 0.3) is 0 Å². The summed E-state index contributed by atoms with van der Waals surface area (Å²) in [5.74, 6) is 0. The van der Waals surface area contributed by atoms with Crippen LogP contribution in [0.1, 0.15) is 0 Å². The summed E-state index contributed by atoms with van der Waals surface area (Å²) < 4.78 is 1.76. The van der Waals surface area contributed by atoms with Crippen LogP contribution < -0.4 is 5.32 Å². The SMILES string of the molecule is Cn1ccc(-c2cc(Nc3ccncc3)c3cccnc3n2)n1. The van der Waals surface area contributed by atoms with Crippen molar-refractivity contribution in [1.29, 1.82) is 0 Å². The van der Waals surface area contributed by atoms with Crippen molar-refractivity contribution in [2.75, 3.05) is 5.32 Å². The zero-order valence-corrected chi connectivity index (χ0v) is 12.5. The third kappa shape index (κ3) is 2.62. The predicted octanol–water partition coefficient (Wildman–Crippen LogP) is 3.17. The maximum atomic E-state index is 4.62. The number of rotatable bonds is 3. The lowest BCUT2D eigenvalue weighted by Gasteiger charge is -2.10. The van der Waals surface area contributed by atoms with Gasteiger partial charge in [0.2, 0.25) is 0 Å². The molecule has 0 radical (unpaired) electrons. The molecule has 0 bridgehead atoms. The molecule has 0 aliphatic rings. The van der Waals surface area contributed by atoms with E-state index < -0.39 is 0 Å². The number of aryl methyl sites for hydroxylation is 1. The molecule has 4 heterocycles. The van der Waals surface area contributed by atoms with Gasteiger partial charge in [0.1, 0.15) is 5.69 Å². The largest absolute Gasteiger partial charge is 0.355 e. The van der Waals surface area contributed by atoms with Crippen molar-refractivity contribution in [2.24, 2.45) is 7.05 Å². The summed E-state index contributed by atoms with van der Waals surface area (Å²) in [5.41, 5.74) is 4.19. The minimum Gasteiger partial charge on any atom is -0.355 e. The van der Waals surface area contributed by atoms with Gasteiger partial charge in [-0.1, -0.05) is 0 Å². The van der Waals surface area contributed by atoms with E-state index in [9.17, 15) is 0 Å². The normalized spacial score (nSPS) is 10.8. The Bertz CT molecular complexity index is 961. The molecule has 112 valence electrons. The van der Waals surface area contributed by atoms with Gasteiger partial charge in [0.15, 0.2) is 5.65 Å². The standard InChI is InChI=1S/C17H14N6/c1-23-10-6-14(22-23)16-11-15(20-12-4-8-18-9-5-12)13-3-2-7-19-17(13)21-16/h2-11H,1H3,(H,18,19,20,21). The van der Waals surface area contributed by atoms with Crippen LogP contribution in [-0.4, -0.2) is 24.7 Å². The molecule has 0 unspecified atom stereocenters. The van der Waals surface area contributed by atoms with Crippen molar-refractivity contribution in [3.63, 3.8) is 0 Å². The van der Waals surface area contributed by atoms with Crippen LogP contribution in [0.5, 0.6) is 0 Å². The fourth-order valence-electron chi connectivity index (χ4n) is 2.43. The Morgan fingerprint density at radius 2 is 1.87 bits per heavy atom. The summed E-state index contributed by atoms with van der Waals surface area (Å²) in [5, 5.41) is 8.80. The number of hydrogen-bond donors (Lipinski definition) is 1. The second-order valence-corrected chi connectivity index (χ2v) is 5.17. The van der Waals surface area contributed by atoms with Gasteiger partial charge in [0, 0.05) is 42.9 Å². The average molecular weight is 302 g/mol. The number of anilines is 2. The van der Waals surface area contributed by atoms with Crippen LogP contribution >= 0.6 is 0 Å². The van der Waals surface area contributed by atoms with E-state index in [-0.39, 0.29) is 0 Å². The molecule has 0 saturated carbocycles. The third-order valence-electron chi connectivity index (χ3n) is 3.52. The first-order valence-electron chi connectivity index (χ1n) is 7.22. The monoisotopic (exact) mass is 302 g/mol. The van der Waals surface area contributed by atoms with Crippen molar-refractivity contribution in [3.8, 4) is 11.4 Å². The molecule has 23 heavy (non-hydrogen) atoms. The molecule has 1 N–H and O–H groups in total. The predicted molar refractivity (Wildman–Crippen MR) is 89.3 cm³/mol. The molecule has 6 nitrogen and oxygen atoms in total. The summed E-state index contributed by atoms with van der Waals surface area (Å²) in [6, 6.07) is 11.7. The Balaban J connectivity index is 1.87. The molecule has 4 aromatic heterocycles. The smallest absolute Gasteiger partial charge is 0.161 e. The van der Waals surface area contributed by atoms with E-state index in [0.29, 0.717) is 5.65 Å². The Kier molecular flexibility index (Phi) is 3.20. The van der Waals surface area contributed by atoms with E-state index in [1.807, 2.05) is 49.6 Å². The van der Waals surface area contributed by atoms with Gasteiger partial charge in [-0.05, 0) is 36.4 Å². The van der Waals surface area contributed by atoms with E-state index >= 15 is 0 Å². The summed E-state index contributed by atoms with van der Waals surface area (Å²) in [6.07, 6.45) is 7.15. The van der Waals surface area contributed by atoms with E-state index in [2.05, 4.69) is 25.4 Å². The van der Waals surface area contributed by atoms with Gasteiger partial charge in [-0.2, -0.15) is 5.10 Å². The van der Waals surface area contributed by atoms with Crippen molar-refractivity contribution >= 4 is 22.4 Å². The molecular formula is C17H14N6. The molecule has 4 aromatic rings. The highest BCUT2D eigenvalue weighted by Crippen LogP contribution is 2.28. The molecular weight excluding hydrogens is 288 g/mol.